The van der Waals surface area contributed by atoms with E-state index in [1.807, 2.05) is 36.4 Å². The topological polar surface area (TPSA) is 154 Å². The van der Waals surface area contributed by atoms with E-state index >= 15 is 0 Å². The van der Waals surface area contributed by atoms with Crippen LogP contribution in [0.25, 0.3) is 10.8 Å². The molecule has 3 N–H and O–H groups in total. The fourth-order valence-corrected chi connectivity index (χ4v) is 4.17. The number of esters is 1. The van der Waals surface area contributed by atoms with Crippen molar-refractivity contribution in [3.63, 3.8) is 0 Å². The zero-order chi connectivity index (χ0) is 34.7. The van der Waals surface area contributed by atoms with Crippen LogP contribution in [0, 0.1) is 0 Å². The van der Waals surface area contributed by atoms with Crippen molar-refractivity contribution in [1.29, 1.82) is 0 Å². The number of rotatable bonds is 8. The standard InChI is InChI=1S/C36H38N4O8/c1-35(2,3)48-34(44)40-36(4,5)30(41)47-29-18-12-17-26-21-27(19-20-28(26)29)37-31(38-32(42)45-22-24-13-8-6-9-14-24)39-33(43)46-23-25-15-10-7-11-16-25/h6-21H,22-23H2,1-5H3,(H,40,44)(H2,37,38,39,42,43). The molecule has 0 heterocycles. The number of nitrogens with one attached hydrogen (secondary N) is 3. The van der Waals surface area contributed by atoms with Gasteiger partial charge in [0.15, 0.2) is 0 Å². The molecular formula is C36H38N4O8. The zero-order valence-electron chi connectivity index (χ0n) is 27.4. The molecule has 0 radical (unpaired) electrons. The molecule has 0 aromatic heterocycles. The Bertz CT molecular complexity index is 1730. The molecular weight excluding hydrogens is 616 g/mol. The highest BCUT2D eigenvalue weighted by Gasteiger charge is 2.34. The summed E-state index contributed by atoms with van der Waals surface area (Å²) in [5.74, 6) is -0.692. The molecule has 4 rings (SSSR count). The van der Waals surface area contributed by atoms with Gasteiger partial charge in [0.05, 0.1) is 5.69 Å². The Labute approximate surface area is 278 Å². The Morgan fingerprint density at radius 3 is 1.77 bits per heavy atom. The lowest BCUT2D eigenvalue weighted by Crippen LogP contribution is -2.52. The fraction of sp³-hybridized carbons (Fsp3) is 0.250. The molecule has 250 valence electrons. The summed E-state index contributed by atoms with van der Waals surface area (Å²) < 4.78 is 21.5. The maximum Gasteiger partial charge on any atom is 0.414 e. The lowest BCUT2D eigenvalue weighted by Gasteiger charge is -2.27. The van der Waals surface area contributed by atoms with Crippen molar-refractivity contribution < 1.29 is 38.1 Å². The minimum atomic E-state index is -1.40. The monoisotopic (exact) mass is 654 g/mol. The number of guanidine groups is 1. The third-order valence-electron chi connectivity index (χ3n) is 6.46. The molecule has 0 atom stereocenters. The minimum absolute atomic E-state index is 0.0000216. The number of amides is 3. The van der Waals surface area contributed by atoms with Gasteiger partial charge in [-0.2, -0.15) is 0 Å². The lowest BCUT2D eigenvalue weighted by molar-refractivity contribution is -0.140. The highest BCUT2D eigenvalue weighted by molar-refractivity contribution is 6.03. The van der Waals surface area contributed by atoms with Gasteiger partial charge in [0.2, 0.25) is 5.96 Å². The highest BCUT2D eigenvalue weighted by Crippen LogP contribution is 2.30. The third-order valence-corrected chi connectivity index (χ3v) is 6.46. The van der Waals surface area contributed by atoms with Crippen molar-refractivity contribution in [2.45, 2.75) is 59.0 Å². The molecule has 4 aromatic rings. The van der Waals surface area contributed by atoms with Crippen LogP contribution in [0.3, 0.4) is 0 Å². The van der Waals surface area contributed by atoms with Crippen LogP contribution in [0.5, 0.6) is 5.75 Å². The van der Waals surface area contributed by atoms with Gasteiger partial charge in [-0.1, -0.05) is 72.8 Å². The largest absolute Gasteiger partial charge is 0.444 e. The number of carbonyl (C=O) groups excluding carboxylic acids is 4. The first-order valence-electron chi connectivity index (χ1n) is 15.1. The van der Waals surface area contributed by atoms with E-state index in [-0.39, 0.29) is 24.9 Å². The van der Waals surface area contributed by atoms with E-state index in [1.54, 1.807) is 81.4 Å². The molecule has 0 aliphatic rings. The molecule has 12 nitrogen and oxygen atoms in total. The number of hydrogen-bond acceptors (Lipinski definition) is 9. The van der Waals surface area contributed by atoms with Gasteiger partial charge >= 0.3 is 24.2 Å². The van der Waals surface area contributed by atoms with Crippen LogP contribution >= 0.6 is 0 Å². The number of nitrogens with zero attached hydrogens (tertiary/aromatic N) is 1. The van der Waals surface area contributed by atoms with Crippen molar-refractivity contribution in [2.75, 3.05) is 0 Å². The van der Waals surface area contributed by atoms with E-state index in [0.717, 1.165) is 11.1 Å². The molecule has 0 saturated heterocycles. The summed E-state index contributed by atoms with van der Waals surface area (Å²) in [4.78, 5) is 55.1. The maximum absolute atomic E-state index is 13.1. The molecule has 0 saturated carbocycles. The van der Waals surface area contributed by atoms with E-state index in [1.165, 1.54) is 13.8 Å². The quantitative estimate of drug-likeness (QED) is 0.0610. The van der Waals surface area contributed by atoms with E-state index < -0.39 is 35.4 Å². The van der Waals surface area contributed by atoms with Gasteiger partial charge < -0.3 is 24.3 Å². The van der Waals surface area contributed by atoms with Crippen LogP contribution < -0.4 is 20.7 Å². The average Bonchev–Trinajstić information content (AvgIpc) is 3.02. The van der Waals surface area contributed by atoms with Crippen molar-refractivity contribution >= 4 is 46.7 Å². The van der Waals surface area contributed by atoms with Crippen molar-refractivity contribution in [3.05, 3.63) is 108 Å². The summed E-state index contributed by atoms with van der Waals surface area (Å²) in [6, 6.07) is 28.2. The predicted molar refractivity (Wildman–Crippen MR) is 180 cm³/mol. The van der Waals surface area contributed by atoms with Crippen molar-refractivity contribution in [1.82, 2.24) is 16.0 Å². The number of hydrogen-bond donors (Lipinski definition) is 3. The van der Waals surface area contributed by atoms with Crippen LogP contribution in [0.15, 0.2) is 102 Å². The Morgan fingerprint density at radius 2 is 1.23 bits per heavy atom. The van der Waals surface area contributed by atoms with E-state index in [9.17, 15) is 19.2 Å². The first-order valence-corrected chi connectivity index (χ1v) is 15.1. The third kappa shape index (κ3) is 10.9. The second-order valence-electron chi connectivity index (χ2n) is 12.1. The van der Waals surface area contributed by atoms with E-state index in [4.69, 9.17) is 18.9 Å². The second kappa shape index (κ2) is 15.6. The van der Waals surface area contributed by atoms with Crippen LogP contribution in [0.1, 0.15) is 45.7 Å². The first-order chi connectivity index (χ1) is 22.8. The summed E-state index contributed by atoms with van der Waals surface area (Å²) in [7, 11) is 0. The van der Waals surface area contributed by atoms with Crippen LogP contribution in [0.4, 0.5) is 20.1 Å². The number of alkyl carbamates (subject to hydrolysis) is 3. The van der Waals surface area contributed by atoms with Crippen LogP contribution in [-0.2, 0) is 32.2 Å². The van der Waals surface area contributed by atoms with Crippen molar-refractivity contribution in [3.8, 4) is 5.75 Å². The molecule has 0 bridgehead atoms. The molecule has 3 amide bonds. The summed E-state index contributed by atoms with van der Waals surface area (Å²) >= 11 is 0. The molecule has 0 aliphatic heterocycles. The molecule has 12 heteroatoms. The molecule has 0 aliphatic carbocycles. The Kier molecular flexibility index (Phi) is 11.4. The molecule has 4 aromatic carbocycles. The van der Waals surface area contributed by atoms with E-state index in [0.29, 0.717) is 16.5 Å². The van der Waals surface area contributed by atoms with Gasteiger partial charge in [0, 0.05) is 5.39 Å². The SMILES string of the molecule is CC(C)(C)OC(=O)NC(C)(C)C(=O)Oc1cccc2cc(N=C(NC(=O)OCc3ccccc3)NC(=O)OCc3ccccc3)ccc12. The van der Waals surface area contributed by atoms with Gasteiger partial charge in [0.1, 0.15) is 30.1 Å². The lowest BCUT2D eigenvalue weighted by atomic mass is 10.1. The van der Waals surface area contributed by atoms with Gasteiger partial charge in [0.25, 0.3) is 0 Å². The van der Waals surface area contributed by atoms with Gasteiger partial charge in [-0.05, 0) is 75.4 Å². The van der Waals surface area contributed by atoms with E-state index in [2.05, 4.69) is 20.9 Å². The van der Waals surface area contributed by atoms with Gasteiger partial charge in [-0.3, -0.25) is 10.6 Å². The number of aliphatic imine (C=N–C) groups is 1. The zero-order valence-corrected chi connectivity index (χ0v) is 27.4. The summed E-state index contributed by atoms with van der Waals surface area (Å²) in [6.45, 7) is 8.17. The summed E-state index contributed by atoms with van der Waals surface area (Å²) in [5, 5.41) is 8.67. The average molecular weight is 655 g/mol. The van der Waals surface area contributed by atoms with Gasteiger partial charge in [-0.25, -0.2) is 24.2 Å². The second-order valence-corrected chi connectivity index (χ2v) is 12.1. The maximum atomic E-state index is 13.1. The molecule has 0 unspecified atom stereocenters. The van der Waals surface area contributed by atoms with Gasteiger partial charge in [-0.15, -0.1) is 0 Å². The number of fused-ring (bicyclic) bond motifs is 1. The number of benzene rings is 4. The molecule has 0 fully saturated rings. The number of carbonyl (C=O) groups is 4. The minimum Gasteiger partial charge on any atom is -0.444 e. The Morgan fingerprint density at radius 1 is 0.667 bits per heavy atom. The Balaban J connectivity index is 1.51. The Hall–Kier alpha value is -5.91. The predicted octanol–water partition coefficient (Wildman–Crippen LogP) is 6.89. The molecule has 48 heavy (non-hydrogen) atoms. The normalized spacial score (nSPS) is 11.1. The summed E-state index contributed by atoms with van der Waals surface area (Å²) in [5.41, 5.74) is -0.242. The van der Waals surface area contributed by atoms with Crippen molar-refractivity contribution in [2.24, 2.45) is 4.99 Å². The first kappa shape index (κ1) is 35.0. The highest BCUT2D eigenvalue weighted by atomic mass is 16.6. The smallest absolute Gasteiger partial charge is 0.414 e. The fourth-order valence-electron chi connectivity index (χ4n) is 4.17. The van der Waals surface area contributed by atoms with Crippen LogP contribution in [-0.4, -0.2) is 41.3 Å². The molecule has 0 spiro atoms. The summed E-state index contributed by atoms with van der Waals surface area (Å²) in [6.07, 6.45) is -2.45. The van der Waals surface area contributed by atoms with Crippen LogP contribution in [0.2, 0.25) is 0 Å². The number of ether oxygens (including phenoxy) is 4.